The predicted octanol–water partition coefficient (Wildman–Crippen LogP) is 2.50. The average molecular weight is 333 g/mol. The molecule has 3 N–H and O–H groups in total. The van der Waals surface area contributed by atoms with Crippen molar-refractivity contribution >= 4 is 31.6 Å². The van der Waals surface area contributed by atoms with E-state index in [9.17, 15) is 8.42 Å². The van der Waals surface area contributed by atoms with Gasteiger partial charge in [0.25, 0.3) is 0 Å². The van der Waals surface area contributed by atoms with Gasteiger partial charge >= 0.3 is 0 Å². The van der Waals surface area contributed by atoms with Gasteiger partial charge < -0.3 is 5.73 Å². The smallest absolute Gasteiger partial charge is 0.240 e. The van der Waals surface area contributed by atoms with Gasteiger partial charge in [-0.05, 0) is 52.4 Å². The molecule has 0 atom stereocenters. The summed E-state index contributed by atoms with van der Waals surface area (Å²) in [7, 11) is -3.46. The van der Waals surface area contributed by atoms with E-state index >= 15 is 0 Å². The summed E-state index contributed by atoms with van der Waals surface area (Å²) >= 11 is 3.25. The minimum atomic E-state index is -3.46. The zero-order valence-corrected chi connectivity index (χ0v) is 12.6. The maximum absolute atomic E-state index is 12.1. The highest BCUT2D eigenvalue weighted by Gasteiger charge is 2.33. The summed E-state index contributed by atoms with van der Waals surface area (Å²) in [5.41, 5.74) is 6.24. The molecule has 0 aliphatic heterocycles. The second-order valence-corrected chi connectivity index (χ2v) is 7.79. The Morgan fingerprint density at radius 3 is 2.61 bits per heavy atom. The van der Waals surface area contributed by atoms with Crippen LogP contribution in [-0.4, -0.2) is 15.0 Å². The maximum Gasteiger partial charge on any atom is 0.240 e. The number of nitrogens with one attached hydrogen (secondary N) is 1. The van der Waals surface area contributed by atoms with Crippen molar-refractivity contribution in [1.29, 1.82) is 0 Å². The van der Waals surface area contributed by atoms with Crippen LogP contribution in [-0.2, 0) is 10.0 Å². The van der Waals surface area contributed by atoms with Crippen LogP contribution in [0.3, 0.4) is 0 Å². The first kappa shape index (κ1) is 13.8. The molecule has 6 heteroatoms. The van der Waals surface area contributed by atoms with Gasteiger partial charge in [-0.2, -0.15) is 0 Å². The molecule has 100 valence electrons. The van der Waals surface area contributed by atoms with Crippen molar-refractivity contribution in [3.63, 3.8) is 0 Å². The molecule has 1 aliphatic rings. The van der Waals surface area contributed by atoms with E-state index in [4.69, 9.17) is 5.73 Å². The molecular weight excluding hydrogens is 316 g/mol. The number of sulfonamides is 1. The van der Waals surface area contributed by atoms with Gasteiger partial charge in [-0.1, -0.05) is 13.3 Å². The van der Waals surface area contributed by atoms with E-state index in [1.807, 2.05) is 0 Å². The molecule has 0 unspecified atom stereocenters. The van der Waals surface area contributed by atoms with Crippen molar-refractivity contribution in [3.8, 4) is 0 Å². The molecule has 0 amide bonds. The molecule has 1 aromatic carbocycles. The van der Waals surface area contributed by atoms with Crippen LogP contribution in [0.5, 0.6) is 0 Å². The van der Waals surface area contributed by atoms with E-state index in [2.05, 4.69) is 27.6 Å². The lowest BCUT2D eigenvalue weighted by Crippen LogP contribution is -2.39. The lowest BCUT2D eigenvalue weighted by molar-refractivity contribution is 0.166. The molecule has 0 heterocycles. The first-order valence-electron chi connectivity index (χ1n) is 5.87. The number of anilines is 1. The number of benzene rings is 1. The van der Waals surface area contributed by atoms with E-state index in [1.54, 1.807) is 12.1 Å². The minimum Gasteiger partial charge on any atom is -0.398 e. The van der Waals surface area contributed by atoms with Crippen LogP contribution in [0.4, 0.5) is 5.69 Å². The van der Waals surface area contributed by atoms with Crippen LogP contribution < -0.4 is 10.5 Å². The van der Waals surface area contributed by atoms with E-state index in [1.165, 1.54) is 12.5 Å². The van der Waals surface area contributed by atoms with Gasteiger partial charge in [-0.15, -0.1) is 0 Å². The van der Waals surface area contributed by atoms with Crippen LogP contribution in [0, 0.1) is 5.41 Å². The fraction of sp³-hybridized carbons (Fsp3) is 0.500. The predicted molar refractivity (Wildman–Crippen MR) is 75.7 cm³/mol. The van der Waals surface area contributed by atoms with E-state index in [0.29, 0.717) is 16.7 Å². The summed E-state index contributed by atoms with van der Waals surface area (Å²) < 4.78 is 27.6. The molecule has 1 aromatic rings. The van der Waals surface area contributed by atoms with Crippen molar-refractivity contribution in [3.05, 3.63) is 22.7 Å². The lowest BCUT2D eigenvalue weighted by Gasteiger charge is -2.38. The highest BCUT2D eigenvalue weighted by molar-refractivity contribution is 9.10. The number of nitrogen functional groups attached to an aromatic ring is 1. The van der Waals surface area contributed by atoms with Crippen molar-refractivity contribution in [2.45, 2.75) is 31.1 Å². The Balaban J connectivity index is 2.12. The van der Waals surface area contributed by atoms with Crippen LogP contribution in [0.1, 0.15) is 26.2 Å². The average Bonchev–Trinajstić information content (AvgIpc) is 2.27. The van der Waals surface area contributed by atoms with Crippen LogP contribution in [0.15, 0.2) is 27.6 Å². The quantitative estimate of drug-likeness (QED) is 0.832. The third-order valence-corrected chi connectivity index (χ3v) is 5.65. The molecule has 2 rings (SSSR count). The molecule has 0 radical (unpaired) electrons. The maximum atomic E-state index is 12.1. The van der Waals surface area contributed by atoms with E-state index < -0.39 is 10.0 Å². The highest BCUT2D eigenvalue weighted by Crippen LogP contribution is 2.39. The summed E-state index contributed by atoms with van der Waals surface area (Å²) in [6.07, 6.45) is 3.35. The largest absolute Gasteiger partial charge is 0.398 e. The Morgan fingerprint density at radius 2 is 2.11 bits per heavy atom. The standard InChI is InChI=1S/C12H17BrN2O2S/c1-12(5-2-6-12)8-15-18(16,17)9-3-4-10(13)11(14)7-9/h3-4,7,15H,2,5-6,8,14H2,1H3. The van der Waals surface area contributed by atoms with Gasteiger partial charge in [0.2, 0.25) is 10.0 Å². The minimum absolute atomic E-state index is 0.119. The number of rotatable bonds is 4. The third kappa shape index (κ3) is 2.87. The van der Waals surface area contributed by atoms with Crippen molar-refractivity contribution < 1.29 is 8.42 Å². The second kappa shape index (κ2) is 4.83. The Kier molecular flexibility index (Phi) is 3.71. The molecule has 1 aliphatic carbocycles. The molecule has 1 saturated carbocycles. The first-order chi connectivity index (χ1) is 8.32. The summed E-state index contributed by atoms with van der Waals surface area (Å²) in [5, 5.41) is 0. The van der Waals surface area contributed by atoms with Crippen LogP contribution >= 0.6 is 15.9 Å². The molecule has 4 nitrogen and oxygen atoms in total. The lowest BCUT2D eigenvalue weighted by atomic mass is 9.71. The summed E-state index contributed by atoms with van der Waals surface area (Å²) in [4.78, 5) is 0.214. The van der Waals surface area contributed by atoms with Crippen molar-refractivity contribution in [1.82, 2.24) is 4.72 Å². The molecular formula is C12H17BrN2O2S. The Morgan fingerprint density at radius 1 is 1.44 bits per heavy atom. The van der Waals surface area contributed by atoms with Gasteiger partial charge in [0.05, 0.1) is 4.90 Å². The Bertz CT molecular complexity index is 553. The number of nitrogens with two attached hydrogens (primary N) is 1. The van der Waals surface area contributed by atoms with Gasteiger partial charge in [0.1, 0.15) is 0 Å². The van der Waals surface area contributed by atoms with Crippen molar-refractivity contribution in [2.75, 3.05) is 12.3 Å². The molecule has 1 fully saturated rings. The highest BCUT2D eigenvalue weighted by atomic mass is 79.9. The molecule has 0 bridgehead atoms. The molecule has 0 aromatic heterocycles. The Labute approximate surface area is 116 Å². The van der Waals surface area contributed by atoms with E-state index in [-0.39, 0.29) is 10.3 Å². The summed E-state index contributed by atoms with van der Waals surface area (Å²) in [5.74, 6) is 0. The fourth-order valence-electron chi connectivity index (χ4n) is 2.00. The molecule has 0 spiro atoms. The van der Waals surface area contributed by atoms with Gasteiger partial charge in [-0.25, -0.2) is 13.1 Å². The monoisotopic (exact) mass is 332 g/mol. The van der Waals surface area contributed by atoms with Gasteiger partial charge in [0.15, 0.2) is 0 Å². The second-order valence-electron chi connectivity index (χ2n) is 5.17. The zero-order valence-electron chi connectivity index (χ0n) is 10.2. The van der Waals surface area contributed by atoms with E-state index in [0.717, 1.165) is 12.8 Å². The molecule has 18 heavy (non-hydrogen) atoms. The Hall–Kier alpha value is -0.590. The summed E-state index contributed by atoms with van der Waals surface area (Å²) in [6, 6.07) is 4.66. The summed E-state index contributed by atoms with van der Waals surface area (Å²) in [6.45, 7) is 2.60. The number of hydrogen-bond donors (Lipinski definition) is 2. The number of halogens is 1. The third-order valence-electron chi connectivity index (χ3n) is 3.53. The van der Waals surface area contributed by atoms with Gasteiger partial charge in [0, 0.05) is 16.7 Å². The first-order valence-corrected chi connectivity index (χ1v) is 8.15. The normalized spacial score (nSPS) is 18.3. The molecule has 0 saturated heterocycles. The zero-order chi connectivity index (χ0) is 13.4. The fourth-order valence-corrected chi connectivity index (χ4v) is 3.48. The number of hydrogen-bond acceptors (Lipinski definition) is 3. The van der Waals surface area contributed by atoms with Crippen LogP contribution in [0.2, 0.25) is 0 Å². The van der Waals surface area contributed by atoms with Crippen molar-refractivity contribution in [2.24, 2.45) is 5.41 Å². The van der Waals surface area contributed by atoms with Gasteiger partial charge in [-0.3, -0.25) is 0 Å². The SMILES string of the molecule is CC1(CNS(=O)(=O)c2ccc(Br)c(N)c2)CCC1. The topological polar surface area (TPSA) is 72.2 Å². The van der Waals surface area contributed by atoms with Crippen LogP contribution in [0.25, 0.3) is 0 Å².